The van der Waals surface area contributed by atoms with Crippen LogP contribution < -0.4 is 4.72 Å². The van der Waals surface area contributed by atoms with E-state index in [1.807, 2.05) is 4.72 Å². The number of nitrogens with zero attached hydrogens (tertiary/aromatic N) is 1. The third kappa shape index (κ3) is 2.98. The third-order valence-corrected chi connectivity index (χ3v) is 5.49. The van der Waals surface area contributed by atoms with Gasteiger partial charge >= 0.3 is 0 Å². The zero-order valence-electron chi connectivity index (χ0n) is 9.52. The summed E-state index contributed by atoms with van der Waals surface area (Å²) in [6.45, 7) is 0. The van der Waals surface area contributed by atoms with Crippen LogP contribution in [0.25, 0.3) is 0 Å². The van der Waals surface area contributed by atoms with E-state index in [2.05, 4.69) is 15.9 Å². The molecule has 0 aliphatic heterocycles. The Hall–Kier alpha value is -1.50. The van der Waals surface area contributed by atoms with Crippen LogP contribution in [0.1, 0.15) is 4.88 Å². The standard InChI is InChI=1S/C11H5BrF2N2O2S2/c12-6-3-8(13)11(9(14)4-6)16-20(17,18)10-2-1-7(5-15)19-10/h1-4,16H. The van der Waals surface area contributed by atoms with E-state index in [-0.39, 0.29) is 13.6 Å². The first kappa shape index (κ1) is 14.9. The second-order valence-electron chi connectivity index (χ2n) is 3.58. The fourth-order valence-electron chi connectivity index (χ4n) is 1.35. The minimum absolute atomic E-state index is 0.151. The lowest BCUT2D eigenvalue weighted by Gasteiger charge is -2.08. The molecule has 0 amide bonds. The predicted octanol–water partition coefficient (Wildman–Crippen LogP) is 3.46. The second-order valence-corrected chi connectivity index (χ2v) is 7.49. The molecule has 0 saturated carbocycles. The lowest BCUT2D eigenvalue weighted by atomic mass is 10.3. The van der Waals surface area contributed by atoms with Crippen molar-refractivity contribution >= 4 is 43.0 Å². The minimum atomic E-state index is -4.14. The van der Waals surface area contributed by atoms with Crippen LogP contribution in [0.15, 0.2) is 32.9 Å². The van der Waals surface area contributed by atoms with Gasteiger partial charge in [-0.1, -0.05) is 15.9 Å². The van der Waals surface area contributed by atoms with Crippen molar-refractivity contribution in [1.29, 1.82) is 5.26 Å². The van der Waals surface area contributed by atoms with Gasteiger partial charge in [-0.2, -0.15) is 5.26 Å². The second kappa shape index (κ2) is 5.47. The van der Waals surface area contributed by atoms with Crippen LogP contribution in [-0.4, -0.2) is 8.42 Å². The number of thiophene rings is 1. The Balaban J connectivity index is 2.41. The summed E-state index contributed by atoms with van der Waals surface area (Å²) >= 11 is 3.60. The van der Waals surface area contributed by atoms with Crippen molar-refractivity contribution in [3.05, 3.63) is 45.2 Å². The van der Waals surface area contributed by atoms with E-state index in [0.29, 0.717) is 11.3 Å². The molecule has 1 aromatic carbocycles. The number of nitrogens with one attached hydrogen (secondary N) is 1. The average molecular weight is 379 g/mol. The van der Waals surface area contributed by atoms with Crippen molar-refractivity contribution in [3.63, 3.8) is 0 Å². The van der Waals surface area contributed by atoms with Crippen molar-refractivity contribution < 1.29 is 17.2 Å². The van der Waals surface area contributed by atoms with Gasteiger partial charge in [-0.25, -0.2) is 17.2 Å². The van der Waals surface area contributed by atoms with Crippen LogP contribution in [0.5, 0.6) is 0 Å². The molecule has 20 heavy (non-hydrogen) atoms. The van der Waals surface area contributed by atoms with Crippen LogP contribution in [-0.2, 0) is 10.0 Å². The van der Waals surface area contributed by atoms with Crippen molar-refractivity contribution in [2.45, 2.75) is 4.21 Å². The molecule has 0 spiro atoms. The van der Waals surface area contributed by atoms with E-state index >= 15 is 0 Å². The zero-order valence-corrected chi connectivity index (χ0v) is 12.7. The number of sulfonamides is 1. The number of rotatable bonds is 3. The Bertz CT molecular complexity index is 789. The number of hydrogen-bond acceptors (Lipinski definition) is 4. The summed E-state index contributed by atoms with van der Waals surface area (Å²) < 4.78 is 52.9. The van der Waals surface area contributed by atoms with E-state index in [1.165, 1.54) is 12.1 Å². The molecular weight excluding hydrogens is 374 g/mol. The molecule has 0 fully saturated rings. The highest BCUT2D eigenvalue weighted by molar-refractivity contribution is 9.10. The lowest BCUT2D eigenvalue weighted by molar-refractivity contribution is 0.582. The normalized spacial score (nSPS) is 11.1. The first-order chi connectivity index (χ1) is 9.33. The molecule has 0 aliphatic carbocycles. The maximum atomic E-state index is 13.6. The van der Waals surface area contributed by atoms with Crippen LogP contribution in [0.2, 0.25) is 0 Å². The van der Waals surface area contributed by atoms with Crippen LogP contribution in [0, 0.1) is 23.0 Å². The molecule has 0 bridgehead atoms. The molecule has 1 N–H and O–H groups in total. The summed E-state index contributed by atoms with van der Waals surface area (Å²) in [6, 6.07) is 6.17. The van der Waals surface area contributed by atoms with Gasteiger partial charge in [0.05, 0.1) is 0 Å². The number of benzene rings is 1. The Kier molecular flexibility index (Phi) is 4.08. The van der Waals surface area contributed by atoms with E-state index in [9.17, 15) is 17.2 Å². The van der Waals surface area contributed by atoms with Gasteiger partial charge in [0, 0.05) is 4.47 Å². The molecule has 0 saturated heterocycles. The Morgan fingerprint density at radius 3 is 2.35 bits per heavy atom. The fraction of sp³-hybridized carbons (Fsp3) is 0. The van der Waals surface area contributed by atoms with Gasteiger partial charge in [0.25, 0.3) is 10.0 Å². The monoisotopic (exact) mass is 378 g/mol. The summed E-state index contributed by atoms with van der Waals surface area (Å²) in [5.74, 6) is -2.09. The lowest BCUT2D eigenvalue weighted by Crippen LogP contribution is -2.14. The highest BCUT2D eigenvalue weighted by Gasteiger charge is 2.21. The largest absolute Gasteiger partial charge is 0.273 e. The molecule has 2 aromatic rings. The van der Waals surface area contributed by atoms with Crippen molar-refractivity contribution in [2.75, 3.05) is 4.72 Å². The molecule has 0 unspecified atom stereocenters. The Morgan fingerprint density at radius 1 is 1.25 bits per heavy atom. The maximum Gasteiger partial charge on any atom is 0.271 e. The minimum Gasteiger partial charge on any atom is -0.273 e. The molecule has 104 valence electrons. The SMILES string of the molecule is N#Cc1ccc(S(=O)(=O)Nc2c(F)cc(Br)cc2F)s1. The smallest absolute Gasteiger partial charge is 0.271 e. The quantitative estimate of drug-likeness (QED) is 0.888. The average Bonchev–Trinajstić information content (AvgIpc) is 2.83. The summed E-state index contributed by atoms with van der Waals surface area (Å²) in [5, 5.41) is 8.65. The van der Waals surface area contributed by atoms with Gasteiger partial charge in [0.15, 0.2) is 11.6 Å². The van der Waals surface area contributed by atoms with Crippen molar-refractivity contribution in [3.8, 4) is 6.07 Å². The predicted molar refractivity (Wildman–Crippen MR) is 73.9 cm³/mol. The Labute approximate surface area is 125 Å². The van der Waals surface area contributed by atoms with Gasteiger partial charge in [0.2, 0.25) is 0 Å². The van der Waals surface area contributed by atoms with E-state index in [0.717, 1.165) is 12.1 Å². The first-order valence-corrected chi connectivity index (χ1v) is 8.10. The van der Waals surface area contributed by atoms with Gasteiger partial charge in [0.1, 0.15) is 20.8 Å². The number of nitriles is 1. The summed E-state index contributed by atoms with van der Waals surface area (Å²) in [5.41, 5.74) is -0.764. The molecule has 1 aromatic heterocycles. The van der Waals surface area contributed by atoms with E-state index < -0.39 is 27.3 Å². The molecule has 0 atom stereocenters. The molecule has 4 nitrogen and oxygen atoms in total. The first-order valence-electron chi connectivity index (χ1n) is 5.01. The highest BCUT2D eigenvalue weighted by Crippen LogP contribution is 2.28. The zero-order chi connectivity index (χ0) is 14.9. The molecule has 0 radical (unpaired) electrons. The van der Waals surface area contributed by atoms with Gasteiger partial charge < -0.3 is 0 Å². The number of halogens is 3. The van der Waals surface area contributed by atoms with Crippen LogP contribution in [0.3, 0.4) is 0 Å². The van der Waals surface area contributed by atoms with Crippen molar-refractivity contribution in [2.24, 2.45) is 0 Å². The third-order valence-electron chi connectivity index (χ3n) is 2.20. The van der Waals surface area contributed by atoms with Crippen LogP contribution >= 0.6 is 27.3 Å². The Morgan fingerprint density at radius 2 is 1.85 bits per heavy atom. The molecule has 2 rings (SSSR count). The fourth-order valence-corrected chi connectivity index (χ4v) is 3.93. The van der Waals surface area contributed by atoms with Gasteiger partial charge in [-0.15, -0.1) is 11.3 Å². The van der Waals surface area contributed by atoms with Crippen molar-refractivity contribution in [1.82, 2.24) is 0 Å². The molecular formula is C11H5BrF2N2O2S2. The van der Waals surface area contributed by atoms with E-state index in [1.54, 1.807) is 6.07 Å². The number of anilines is 1. The summed E-state index contributed by atoms with van der Waals surface area (Å²) in [6.07, 6.45) is 0. The highest BCUT2D eigenvalue weighted by atomic mass is 79.9. The van der Waals surface area contributed by atoms with E-state index in [4.69, 9.17) is 5.26 Å². The van der Waals surface area contributed by atoms with Gasteiger partial charge in [-0.3, -0.25) is 4.72 Å². The van der Waals surface area contributed by atoms with Crippen LogP contribution in [0.4, 0.5) is 14.5 Å². The summed E-state index contributed by atoms with van der Waals surface area (Å²) in [4.78, 5) is 0.183. The topological polar surface area (TPSA) is 70.0 Å². The van der Waals surface area contributed by atoms with Gasteiger partial charge in [-0.05, 0) is 24.3 Å². The maximum absolute atomic E-state index is 13.6. The molecule has 1 heterocycles. The number of hydrogen-bond donors (Lipinski definition) is 1. The molecule has 0 aliphatic rings. The molecule has 9 heteroatoms. The summed E-state index contributed by atoms with van der Waals surface area (Å²) in [7, 11) is -4.14.